The van der Waals surface area contributed by atoms with Gasteiger partial charge in [-0.1, -0.05) is 29.3 Å². The molecule has 0 fully saturated rings. The molecule has 0 unspecified atom stereocenters. The second-order valence-electron chi connectivity index (χ2n) is 5.39. The molecule has 0 aliphatic heterocycles. The highest BCUT2D eigenvalue weighted by molar-refractivity contribution is 6.36. The van der Waals surface area contributed by atoms with E-state index >= 15 is 0 Å². The van der Waals surface area contributed by atoms with Crippen LogP contribution in [0.2, 0.25) is 10.0 Å². The van der Waals surface area contributed by atoms with E-state index in [9.17, 15) is 27.6 Å². The zero-order valence-corrected chi connectivity index (χ0v) is 15.4. The van der Waals surface area contributed by atoms with Crippen LogP contribution in [0.3, 0.4) is 0 Å². The van der Waals surface area contributed by atoms with Crippen LogP contribution in [-0.4, -0.2) is 24.3 Å². The van der Waals surface area contributed by atoms with Gasteiger partial charge in [0.2, 0.25) is 0 Å². The molecule has 11 heteroatoms. The normalized spacial score (nSPS) is 10.9. The summed E-state index contributed by atoms with van der Waals surface area (Å²) in [5, 5.41) is 2.69. The third-order valence-electron chi connectivity index (χ3n) is 3.35. The van der Waals surface area contributed by atoms with E-state index in [-0.39, 0.29) is 16.1 Å². The largest absolute Gasteiger partial charge is 0.416 e. The fourth-order valence-electron chi connectivity index (χ4n) is 2.01. The van der Waals surface area contributed by atoms with Crippen LogP contribution in [0.15, 0.2) is 42.5 Å². The number of hydrogen-bond acceptors (Lipinski definition) is 3. The number of amides is 3. The van der Waals surface area contributed by atoms with Gasteiger partial charge in [-0.3, -0.25) is 25.2 Å². The Morgan fingerprint density at radius 3 is 2.29 bits per heavy atom. The van der Waals surface area contributed by atoms with Crippen molar-refractivity contribution in [2.24, 2.45) is 0 Å². The summed E-state index contributed by atoms with van der Waals surface area (Å²) >= 11 is 11.6. The summed E-state index contributed by atoms with van der Waals surface area (Å²) in [6, 6.07) is 7.84. The smallest absolute Gasteiger partial charge is 0.343 e. The molecule has 6 nitrogen and oxygen atoms in total. The van der Waals surface area contributed by atoms with Gasteiger partial charge in [-0.25, -0.2) is 0 Å². The number of hydrogen-bond donors (Lipinski definition) is 3. The van der Waals surface area contributed by atoms with Crippen molar-refractivity contribution in [3.8, 4) is 0 Å². The quantitative estimate of drug-likeness (QED) is 0.647. The minimum atomic E-state index is -4.60. The van der Waals surface area contributed by atoms with Crippen LogP contribution in [0.25, 0.3) is 0 Å². The van der Waals surface area contributed by atoms with Crippen molar-refractivity contribution in [2.75, 3.05) is 6.54 Å². The summed E-state index contributed by atoms with van der Waals surface area (Å²) in [5.74, 6) is -2.41. The first-order chi connectivity index (χ1) is 13.1. The van der Waals surface area contributed by atoms with Crippen molar-refractivity contribution in [1.29, 1.82) is 0 Å². The van der Waals surface area contributed by atoms with Gasteiger partial charge in [-0.2, -0.15) is 13.2 Å². The van der Waals surface area contributed by atoms with Crippen LogP contribution >= 0.6 is 23.2 Å². The fourth-order valence-corrected chi connectivity index (χ4v) is 2.50. The molecule has 2 aromatic carbocycles. The van der Waals surface area contributed by atoms with Gasteiger partial charge in [0, 0.05) is 10.6 Å². The van der Waals surface area contributed by atoms with Crippen LogP contribution in [0.5, 0.6) is 0 Å². The van der Waals surface area contributed by atoms with Gasteiger partial charge in [0.15, 0.2) is 0 Å². The Morgan fingerprint density at radius 2 is 1.64 bits per heavy atom. The molecule has 148 valence electrons. The Morgan fingerprint density at radius 1 is 0.929 bits per heavy atom. The minimum Gasteiger partial charge on any atom is -0.343 e. The summed E-state index contributed by atoms with van der Waals surface area (Å²) in [4.78, 5) is 35.5. The zero-order chi connectivity index (χ0) is 20.9. The van der Waals surface area contributed by atoms with Crippen LogP contribution in [0.4, 0.5) is 13.2 Å². The Bertz CT molecular complexity index is 920. The van der Waals surface area contributed by atoms with Crippen molar-refractivity contribution < 1.29 is 27.6 Å². The van der Waals surface area contributed by atoms with Crippen molar-refractivity contribution in [3.63, 3.8) is 0 Å². The van der Waals surface area contributed by atoms with Crippen LogP contribution < -0.4 is 16.2 Å². The number of halogens is 5. The third-order valence-corrected chi connectivity index (χ3v) is 3.90. The highest BCUT2D eigenvalue weighted by Crippen LogP contribution is 2.29. The first-order valence-electron chi connectivity index (χ1n) is 7.57. The Labute approximate surface area is 167 Å². The van der Waals surface area contributed by atoms with Gasteiger partial charge in [-0.15, -0.1) is 0 Å². The number of hydrazine groups is 1. The lowest BCUT2D eigenvalue weighted by Crippen LogP contribution is -2.46. The van der Waals surface area contributed by atoms with Gasteiger partial charge in [0.1, 0.15) is 0 Å². The summed E-state index contributed by atoms with van der Waals surface area (Å²) in [6.45, 7) is -0.513. The summed E-state index contributed by atoms with van der Waals surface area (Å²) in [7, 11) is 0. The molecular formula is C17H12Cl2F3N3O3. The fraction of sp³-hybridized carbons (Fsp3) is 0.118. The maximum atomic E-state index is 12.7. The van der Waals surface area contributed by atoms with E-state index in [1.807, 2.05) is 10.9 Å². The van der Waals surface area contributed by atoms with E-state index in [0.717, 1.165) is 18.2 Å². The molecule has 0 aliphatic rings. The summed E-state index contributed by atoms with van der Waals surface area (Å²) < 4.78 is 38.0. The van der Waals surface area contributed by atoms with Gasteiger partial charge in [0.05, 0.1) is 22.7 Å². The van der Waals surface area contributed by atoms with Crippen LogP contribution in [0, 0.1) is 0 Å². The van der Waals surface area contributed by atoms with Crippen LogP contribution in [0.1, 0.15) is 26.3 Å². The zero-order valence-electron chi connectivity index (χ0n) is 13.9. The van der Waals surface area contributed by atoms with E-state index in [2.05, 4.69) is 5.32 Å². The minimum absolute atomic E-state index is 0.0863. The van der Waals surface area contributed by atoms with Crippen molar-refractivity contribution in [2.45, 2.75) is 6.18 Å². The van der Waals surface area contributed by atoms with Gasteiger partial charge >= 0.3 is 6.18 Å². The highest BCUT2D eigenvalue weighted by Gasteiger charge is 2.30. The summed E-state index contributed by atoms with van der Waals surface area (Å²) in [6.07, 6.45) is -4.60. The third kappa shape index (κ3) is 5.86. The maximum Gasteiger partial charge on any atom is 0.416 e. The monoisotopic (exact) mass is 433 g/mol. The maximum absolute atomic E-state index is 12.7. The average molecular weight is 434 g/mol. The topological polar surface area (TPSA) is 87.3 Å². The lowest BCUT2D eigenvalue weighted by atomic mass is 10.1. The molecular weight excluding hydrogens is 422 g/mol. The standard InChI is InChI=1S/C17H12Cl2F3N3O3/c18-11-4-5-12(13(19)7-11)16(28)23-8-14(26)24-25-15(27)9-2-1-3-10(6-9)17(20,21)22/h1-7H,8H2,(H,23,28)(H,24,26)(H,25,27). The first kappa shape index (κ1) is 21.5. The average Bonchev–Trinajstić information content (AvgIpc) is 2.63. The first-order valence-corrected chi connectivity index (χ1v) is 8.33. The molecule has 0 radical (unpaired) electrons. The second kappa shape index (κ2) is 8.94. The molecule has 0 saturated carbocycles. The molecule has 0 aliphatic carbocycles. The predicted octanol–water partition coefficient (Wildman–Crippen LogP) is 3.20. The molecule has 0 saturated heterocycles. The summed E-state index contributed by atoms with van der Waals surface area (Å²) in [5.41, 5.74) is 2.73. The van der Waals surface area contributed by atoms with Crippen LogP contribution in [-0.2, 0) is 11.0 Å². The van der Waals surface area contributed by atoms with Crippen molar-refractivity contribution >= 4 is 40.9 Å². The molecule has 0 bridgehead atoms. The molecule has 0 atom stereocenters. The van der Waals surface area contributed by atoms with Gasteiger partial charge < -0.3 is 5.32 Å². The van der Waals surface area contributed by atoms with Gasteiger partial charge in [-0.05, 0) is 36.4 Å². The Balaban J connectivity index is 1.87. The van der Waals surface area contributed by atoms with Crippen molar-refractivity contribution in [3.05, 3.63) is 69.2 Å². The van der Waals surface area contributed by atoms with E-state index < -0.39 is 36.0 Å². The molecule has 28 heavy (non-hydrogen) atoms. The van der Waals surface area contributed by atoms with Crippen molar-refractivity contribution in [1.82, 2.24) is 16.2 Å². The number of carbonyl (C=O) groups excluding carboxylic acids is 3. The number of nitrogens with one attached hydrogen (secondary N) is 3. The van der Waals surface area contributed by atoms with E-state index in [1.165, 1.54) is 18.2 Å². The molecule has 2 rings (SSSR count). The SMILES string of the molecule is O=C(CNC(=O)c1ccc(Cl)cc1Cl)NNC(=O)c1cccc(C(F)(F)F)c1. The molecule has 2 aromatic rings. The predicted molar refractivity (Wildman–Crippen MR) is 95.8 cm³/mol. The lowest BCUT2D eigenvalue weighted by molar-refractivity contribution is -0.137. The Kier molecular flexibility index (Phi) is 6.87. The highest BCUT2D eigenvalue weighted by atomic mass is 35.5. The second-order valence-corrected chi connectivity index (χ2v) is 6.23. The van der Waals surface area contributed by atoms with E-state index in [4.69, 9.17) is 23.2 Å². The van der Waals surface area contributed by atoms with E-state index in [0.29, 0.717) is 11.1 Å². The molecule has 0 aromatic heterocycles. The number of alkyl halides is 3. The lowest BCUT2D eigenvalue weighted by Gasteiger charge is -2.11. The van der Waals surface area contributed by atoms with Gasteiger partial charge in [0.25, 0.3) is 17.7 Å². The number of benzene rings is 2. The molecule has 3 N–H and O–H groups in total. The number of carbonyl (C=O) groups is 3. The molecule has 0 spiro atoms. The molecule has 3 amide bonds. The molecule has 0 heterocycles. The van der Waals surface area contributed by atoms with E-state index in [1.54, 1.807) is 0 Å². The number of rotatable bonds is 4. The Hall–Kier alpha value is -2.78.